The lowest BCUT2D eigenvalue weighted by Crippen LogP contribution is -1.91. The minimum Gasteiger partial charge on any atom is -0.494 e. The monoisotopic (exact) mass is 256 g/mol. The van der Waals surface area contributed by atoms with Crippen molar-refractivity contribution in [3.8, 4) is 11.8 Å². The van der Waals surface area contributed by atoms with Gasteiger partial charge < -0.3 is 4.74 Å². The van der Waals surface area contributed by atoms with Crippen LogP contribution < -0.4 is 4.74 Å². The molecule has 2 aromatic rings. The highest BCUT2D eigenvalue weighted by atomic mass is 32.1. The first kappa shape index (κ1) is 12.3. The number of nitrogens with zero attached hydrogens (tertiary/aromatic N) is 2. The van der Waals surface area contributed by atoms with Crippen LogP contribution in [0, 0.1) is 11.3 Å². The highest BCUT2D eigenvalue weighted by molar-refractivity contribution is 7.10. The highest BCUT2D eigenvalue weighted by Gasteiger charge is 2.03. The van der Waals surface area contributed by atoms with Gasteiger partial charge >= 0.3 is 0 Å². The van der Waals surface area contributed by atoms with Gasteiger partial charge in [0, 0.05) is 11.6 Å². The van der Waals surface area contributed by atoms with Gasteiger partial charge in [0.2, 0.25) is 0 Å². The van der Waals surface area contributed by atoms with Gasteiger partial charge in [-0.1, -0.05) is 12.1 Å². The lowest BCUT2D eigenvalue weighted by molar-refractivity contribution is 0.340. The van der Waals surface area contributed by atoms with E-state index in [2.05, 4.69) is 11.1 Å². The van der Waals surface area contributed by atoms with Gasteiger partial charge in [-0.25, -0.2) is 4.98 Å². The molecule has 2 rings (SSSR count). The molecule has 0 fully saturated rings. The third-order valence-electron chi connectivity index (χ3n) is 2.26. The molecule has 1 aromatic carbocycles. The number of benzene rings is 1. The molecule has 0 spiro atoms. The fourth-order valence-corrected chi connectivity index (χ4v) is 2.13. The fraction of sp³-hybridized carbons (Fsp3) is 0.143. The molecule has 1 aromatic heterocycles. The minimum absolute atomic E-state index is 0.568. The smallest absolute Gasteiger partial charge is 0.133 e. The van der Waals surface area contributed by atoms with Crippen molar-refractivity contribution in [3.63, 3.8) is 0 Å². The molecule has 18 heavy (non-hydrogen) atoms. The van der Waals surface area contributed by atoms with Gasteiger partial charge in [-0.2, -0.15) is 5.26 Å². The van der Waals surface area contributed by atoms with Gasteiger partial charge in [-0.15, -0.1) is 11.3 Å². The molecule has 0 saturated carbocycles. The lowest BCUT2D eigenvalue weighted by Gasteiger charge is -2.03. The number of aromatic nitrogens is 1. The fourth-order valence-electron chi connectivity index (χ4n) is 1.53. The van der Waals surface area contributed by atoms with Crippen LogP contribution in [0.25, 0.3) is 11.6 Å². The average Bonchev–Trinajstić information content (AvgIpc) is 2.90. The van der Waals surface area contributed by atoms with E-state index in [1.54, 1.807) is 6.20 Å². The molecule has 0 saturated heterocycles. The predicted molar refractivity (Wildman–Crippen MR) is 73.2 cm³/mol. The van der Waals surface area contributed by atoms with Gasteiger partial charge in [-0.3, -0.25) is 0 Å². The van der Waals surface area contributed by atoms with Crippen LogP contribution in [0.1, 0.15) is 17.5 Å². The van der Waals surface area contributed by atoms with E-state index in [-0.39, 0.29) is 0 Å². The summed E-state index contributed by atoms with van der Waals surface area (Å²) in [5, 5.41) is 11.7. The van der Waals surface area contributed by atoms with Crippen LogP contribution in [0.15, 0.2) is 35.8 Å². The van der Waals surface area contributed by atoms with E-state index >= 15 is 0 Å². The number of ether oxygens (including phenoxy) is 1. The molecule has 4 heteroatoms. The molecule has 0 radical (unpaired) electrons. The van der Waals surface area contributed by atoms with Gasteiger partial charge in [0.15, 0.2) is 0 Å². The molecule has 0 unspecified atom stereocenters. The Balaban J connectivity index is 2.31. The van der Waals surface area contributed by atoms with Crippen molar-refractivity contribution in [1.29, 1.82) is 5.26 Å². The molecular weight excluding hydrogens is 244 g/mol. The number of thiazole rings is 1. The van der Waals surface area contributed by atoms with Gasteiger partial charge in [0.25, 0.3) is 0 Å². The molecule has 0 aliphatic carbocycles. The number of hydrogen-bond donors (Lipinski definition) is 0. The summed E-state index contributed by atoms with van der Waals surface area (Å²) in [4.78, 5) is 4.14. The van der Waals surface area contributed by atoms with E-state index in [0.29, 0.717) is 12.2 Å². The first-order valence-corrected chi connectivity index (χ1v) is 6.46. The Bertz CT molecular complexity index is 582. The quantitative estimate of drug-likeness (QED) is 0.785. The Kier molecular flexibility index (Phi) is 4.11. The van der Waals surface area contributed by atoms with Crippen LogP contribution in [0.2, 0.25) is 0 Å². The molecule has 0 aliphatic heterocycles. The molecule has 90 valence electrons. The van der Waals surface area contributed by atoms with Gasteiger partial charge in [0.1, 0.15) is 16.8 Å². The largest absolute Gasteiger partial charge is 0.494 e. The van der Waals surface area contributed by atoms with Gasteiger partial charge in [0.05, 0.1) is 12.2 Å². The van der Waals surface area contributed by atoms with Crippen LogP contribution >= 0.6 is 11.3 Å². The normalized spacial score (nSPS) is 11.0. The number of allylic oxidation sites excluding steroid dienone is 1. The van der Waals surface area contributed by atoms with Crippen LogP contribution in [-0.4, -0.2) is 11.6 Å². The summed E-state index contributed by atoms with van der Waals surface area (Å²) >= 11 is 1.46. The summed E-state index contributed by atoms with van der Waals surface area (Å²) in [7, 11) is 0. The second kappa shape index (κ2) is 5.99. The van der Waals surface area contributed by atoms with Crippen molar-refractivity contribution in [1.82, 2.24) is 4.98 Å². The minimum atomic E-state index is 0.568. The Morgan fingerprint density at radius 3 is 3.11 bits per heavy atom. The van der Waals surface area contributed by atoms with Crippen LogP contribution in [0.3, 0.4) is 0 Å². The topological polar surface area (TPSA) is 45.9 Å². The van der Waals surface area contributed by atoms with Crippen molar-refractivity contribution in [2.45, 2.75) is 6.92 Å². The number of hydrogen-bond acceptors (Lipinski definition) is 4. The molecule has 0 bridgehead atoms. The van der Waals surface area contributed by atoms with Crippen molar-refractivity contribution in [3.05, 3.63) is 46.4 Å². The lowest BCUT2D eigenvalue weighted by atomic mass is 10.1. The summed E-state index contributed by atoms with van der Waals surface area (Å²) < 4.78 is 5.43. The first-order chi connectivity index (χ1) is 8.83. The zero-order chi connectivity index (χ0) is 12.8. The van der Waals surface area contributed by atoms with E-state index in [9.17, 15) is 0 Å². The molecule has 3 nitrogen and oxygen atoms in total. The van der Waals surface area contributed by atoms with E-state index in [1.807, 2.05) is 42.6 Å². The maximum atomic E-state index is 9.15. The standard InChI is InChI=1S/C14H12N2OS/c1-2-17-13-5-3-4-11(9-13)8-12(10-15)14-16-6-7-18-14/h3-9H,2H2,1H3/b12-8+. The van der Waals surface area contributed by atoms with E-state index in [1.165, 1.54) is 11.3 Å². The average molecular weight is 256 g/mol. The molecule has 0 atom stereocenters. The Labute approximate surface area is 110 Å². The summed E-state index contributed by atoms with van der Waals surface area (Å²) in [6.07, 6.45) is 3.52. The Morgan fingerprint density at radius 2 is 2.44 bits per heavy atom. The SMILES string of the molecule is CCOc1cccc(/C=C(\C#N)c2nccs2)c1. The summed E-state index contributed by atoms with van der Waals surface area (Å²) in [6.45, 7) is 2.57. The summed E-state index contributed by atoms with van der Waals surface area (Å²) in [5.41, 5.74) is 1.51. The van der Waals surface area contributed by atoms with Crippen LogP contribution in [0.4, 0.5) is 0 Å². The zero-order valence-corrected chi connectivity index (χ0v) is 10.8. The number of nitriles is 1. The van der Waals surface area contributed by atoms with Crippen molar-refractivity contribution >= 4 is 23.0 Å². The van der Waals surface area contributed by atoms with Crippen molar-refractivity contribution < 1.29 is 4.74 Å². The second-order valence-electron chi connectivity index (χ2n) is 3.51. The van der Waals surface area contributed by atoms with Crippen LogP contribution in [-0.2, 0) is 0 Å². The van der Waals surface area contributed by atoms with Crippen molar-refractivity contribution in [2.24, 2.45) is 0 Å². The molecule has 0 amide bonds. The Morgan fingerprint density at radius 1 is 1.56 bits per heavy atom. The molecule has 0 N–H and O–H groups in total. The maximum Gasteiger partial charge on any atom is 0.133 e. The first-order valence-electron chi connectivity index (χ1n) is 5.58. The van der Waals surface area contributed by atoms with Crippen LogP contribution in [0.5, 0.6) is 5.75 Å². The molecule has 1 heterocycles. The van der Waals surface area contributed by atoms with Crippen molar-refractivity contribution in [2.75, 3.05) is 6.61 Å². The predicted octanol–water partition coefficient (Wildman–Crippen LogP) is 3.61. The number of rotatable bonds is 4. The molecule has 0 aliphatic rings. The Hall–Kier alpha value is -2.12. The third-order valence-corrected chi connectivity index (χ3v) is 3.07. The van der Waals surface area contributed by atoms with E-state index < -0.39 is 0 Å². The summed E-state index contributed by atoms with van der Waals surface area (Å²) in [6, 6.07) is 9.83. The van der Waals surface area contributed by atoms with Gasteiger partial charge in [-0.05, 0) is 30.7 Å². The summed E-state index contributed by atoms with van der Waals surface area (Å²) in [5.74, 6) is 0.808. The molecular formula is C14H12N2OS. The second-order valence-corrected chi connectivity index (χ2v) is 4.41. The highest BCUT2D eigenvalue weighted by Crippen LogP contribution is 2.21. The third kappa shape index (κ3) is 2.96. The maximum absolute atomic E-state index is 9.15. The zero-order valence-electron chi connectivity index (χ0n) is 9.96. The van der Waals surface area contributed by atoms with E-state index in [4.69, 9.17) is 10.00 Å². The van der Waals surface area contributed by atoms with E-state index in [0.717, 1.165) is 16.3 Å².